The number of benzene rings is 1. The summed E-state index contributed by atoms with van der Waals surface area (Å²) in [6.45, 7) is 1.45. The fraction of sp³-hybridized carbons (Fsp3) is 0.385. The summed E-state index contributed by atoms with van der Waals surface area (Å²) in [4.78, 5) is 22.3. The molecule has 1 unspecified atom stereocenters. The van der Waals surface area contributed by atoms with E-state index in [1.165, 1.54) is 6.92 Å². The molecule has 1 aliphatic rings. The Labute approximate surface area is 106 Å². The Hall–Kier alpha value is -1.88. The molecule has 0 radical (unpaired) electrons. The van der Waals surface area contributed by atoms with E-state index >= 15 is 0 Å². The molecule has 1 fully saturated rings. The maximum atomic E-state index is 11.4. The van der Waals surface area contributed by atoms with Gasteiger partial charge in [-0.2, -0.15) is 0 Å². The lowest BCUT2D eigenvalue weighted by molar-refractivity contribution is -0.120. The predicted octanol–water partition coefficient (Wildman–Crippen LogP) is 0.923. The lowest BCUT2D eigenvalue weighted by atomic mass is 10.1. The van der Waals surface area contributed by atoms with Crippen LogP contribution in [0.1, 0.15) is 31.4 Å². The molecule has 1 saturated carbocycles. The number of primary amides is 1. The van der Waals surface area contributed by atoms with Crippen molar-refractivity contribution in [2.24, 2.45) is 5.73 Å². The van der Waals surface area contributed by atoms with Crippen LogP contribution in [-0.4, -0.2) is 17.9 Å². The van der Waals surface area contributed by atoms with Crippen molar-refractivity contribution in [3.05, 3.63) is 29.8 Å². The molecule has 96 valence electrons. The number of nitrogens with two attached hydrogens (primary N) is 1. The van der Waals surface area contributed by atoms with Crippen LogP contribution in [0.5, 0.6) is 0 Å². The molecule has 0 bridgehead atoms. The van der Waals surface area contributed by atoms with Crippen molar-refractivity contribution >= 4 is 17.5 Å². The highest BCUT2D eigenvalue weighted by Gasteiger charge is 2.28. The Morgan fingerprint density at radius 1 is 1.28 bits per heavy atom. The summed E-state index contributed by atoms with van der Waals surface area (Å²) in [6.07, 6.45) is 2.18. The topological polar surface area (TPSA) is 84.2 Å². The summed E-state index contributed by atoms with van der Waals surface area (Å²) in [5.74, 6) is -0.500. The van der Waals surface area contributed by atoms with E-state index in [4.69, 9.17) is 5.73 Å². The van der Waals surface area contributed by atoms with Crippen LogP contribution in [0.15, 0.2) is 24.3 Å². The quantitative estimate of drug-likeness (QED) is 0.723. The summed E-state index contributed by atoms with van der Waals surface area (Å²) in [6, 6.07) is 7.08. The zero-order valence-electron chi connectivity index (χ0n) is 10.3. The van der Waals surface area contributed by atoms with Gasteiger partial charge in [0.1, 0.15) is 6.04 Å². The van der Waals surface area contributed by atoms with E-state index in [1.807, 2.05) is 0 Å². The molecular formula is C13H17N3O2. The summed E-state index contributed by atoms with van der Waals surface area (Å²) >= 11 is 0. The Morgan fingerprint density at radius 2 is 1.89 bits per heavy atom. The SMILES string of the molecule is CC(=O)Nc1ccc(C(NC2CC2)C(N)=O)cc1. The second kappa shape index (κ2) is 5.18. The predicted molar refractivity (Wildman–Crippen MR) is 68.8 cm³/mol. The molecule has 1 aliphatic carbocycles. The normalized spacial score (nSPS) is 16.1. The number of carbonyl (C=O) groups is 2. The first-order valence-corrected chi connectivity index (χ1v) is 5.99. The lowest BCUT2D eigenvalue weighted by Gasteiger charge is -2.15. The lowest BCUT2D eigenvalue weighted by Crippen LogP contribution is -2.34. The highest BCUT2D eigenvalue weighted by atomic mass is 16.2. The molecule has 1 aromatic carbocycles. The number of hydrogen-bond donors (Lipinski definition) is 3. The second-order valence-electron chi connectivity index (χ2n) is 4.58. The molecule has 0 saturated heterocycles. The molecular weight excluding hydrogens is 230 g/mol. The molecule has 18 heavy (non-hydrogen) atoms. The van der Waals surface area contributed by atoms with Gasteiger partial charge in [0.25, 0.3) is 0 Å². The molecule has 2 rings (SSSR count). The zero-order chi connectivity index (χ0) is 13.1. The Morgan fingerprint density at radius 3 is 2.33 bits per heavy atom. The average Bonchev–Trinajstić information content (AvgIpc) is 3.10. The van der Waals surface area contributed by atoms with E-state index in [0.29, 0.717) is 11.7 Å². The van der Waals surface area contributed by atoms with Gasteiger partial charge in [-0.1, -0.05) is 12.1 Å². The molecule has 0 aromatic heterocycles. The van der Waals surface area contributed by atoms with Crippen LogP contribution in [0.2, 0.25) is 0 Å². The standard InChI is InChI=1S/C13H17N3O2/c1-8(17)15-10-4-2-9(3-5-10)12(13(14)18)16-11-6-7-11/h2-5,11-12,16H,6-7H2,1H3,(H2,14,18)(H,15,17). The van der Waals surface area contributed by atoms with Crippen LogP contribution in [-0.2, 0) is 9.59 Å². The van der Waals surface area contributed by atoms with Crippen molar-refractivity contribution in [2.75, 3.05) is 5.32 Å². The molecule has 0 heterocycles. The van der Waals surface area contributed by atoms with Gasteiger partial charge in [0, 0.05) is 18.7 Å². The molecule has 0 aliphatic heterocycles. The molecule has 4 N–H and O–H groups in total. The van der Waals surface area contributed by atoms with Crippen LogP contribution in [0, 0.1) is 0 Å². The fourth-order valence-electron chi connectivity index (χ4n) is 1.79. The van der Waals surface area contributed by atoms with Gasteiger partial charge in [-0.3, -0.25) is 14.9 Å². The van der Waals surface area contributed by atoms with Crippen molar-refractivity contribution in [2.45, 2.75) is 31.8 Å². The maximum absolute atomic E-state index is 11.4. The number of anilines is 1. The largest absolute Gasteiger partial charge is 0.368 e. The number of nitrogens with one attached hydrogen (secondary N) is 2. The van der Waals surface area contributed by atoms with Crippen LogP contribution in [0.3, 0.4) is 0 Å². The second-order valence-corrected chi connectivity index (χ2v) is 4.58. The number of hydrogen-bond acceptors (Lipinski definition) is 3. The van der Waals surface area contributed by atoms with E-state index in [2.05, 4.69) is 10.6 Å². The first-order chi connectivity index (χ1) is 8.56. The molecule has 2 amide bonds. The summed E-state index contributed by atoms with van der Waals surface area (Å²) in [5, 5.41) is 5.88. The van der Waals surface area contributed by atoms with E-state index in [0.717, 1.165) is 18.4 Å². The summed E-state index contributed by atoms with van der Waals surface area (Å²) in [7, 11) is 0. The fourth-order valence-corrected chi connectivity index (χ4v) is 1.79. The van der Waals surface area contributed by atoms with E-state index < -0.39 is 6.04 Å². The zero-order valence-corrected chi connectivity index (χ0v) is 10.3. The number of amides is 2. The van der Waals surface area contributed by atoms with Crippen LogP contribution < -0.4 is 16.4 Å². The minimum absolute atomic E-state index is 0.120. The molecule has 5 heteroatoms. The van der Waals surface area contributed by atoms with Gasteiger partial charge in [-0.05, 0) is 30.5 Å². The Bertz CT molecular complexity index is 452. The smallest absolute Gasteiger partial charge is 0.239 e. The monoisotopic (exact) mass is 247 g/mol. The third-order valence-electron chi connectivity index (χ3n) is 2.83. The Balaban J connectivity index is 2.09. The van der Waals surface area contributed by atoms with Crippen LogP contribution in [0.4, 0.5) is 5.69 Å². The van der Waals surface area contributed by atoms with Gasteiger partial charge >= 0.3 is 0 Å². The van der Waals surface area contributed by atoms with Crippen molar-refractivity contribution in [1.29, 1.82) is 0 Å². The van der Waals surface area contributed by atoms with Gasteiger partial charge in [0.05, 0.1) is 0 Å². The van der Waals surface area contributed by atoms with E-state index in [1.54, 1.807) is 24.3 Å². The first kappa shape index (κ1) is 12.6. The Kier molecular flexibility index (Phi) is 3.62. The van der Waals surface area contributed by atoms with Gasteiger partial charge < -0.3 is 11.1 Å². The van der Waals surface area contributed by atoms with Gasteiger partial charge in [0.15, 0.2) is 0 Å². The van der Waals surface area contributed by atoms with Gasteiger partial charge in [-0.25, -0.2) is 0 Å². The third-order valence-corrected chi connectivity index (χ3v) is 2.83. The van der Waals surface area contributed by atoms with E-state index in [-0.39, 0.29) is 11.8 Å². The third kappa shape index (κ3) is 3.30. The molecule has 1 aromatic rings. The van der Waals surface area contributed by atoms with Gasteiger partial charge in [-0.15, -0.1) is 0 Å². The minimum Gasteiger partial charge on any atom is -0.368 e. The van der Waals surface area contributed by atoms with Crippen LogP contribution in [0.25, 0.3) is 0 Å². The van der Waals surface area contributed by atoms with Crippen molar-refractivity contribution < 1.29 is 9.59 Å². The molecule has 5 nitrogen and oxygen atoms in total. The highest BCUT2D eigenvalue weighted by molar-refractivity contribution is 5.88. The van der Waals surface area contributed by atoms with Crippen molar-refractivity contribution in [3.8, 4) is 0 Å². The first-order valence-electron chi connectivity index (χ1n) is 5.99. The number of rotatable bonds is 5. The highest BCUT2D eigenvalue weighted by Crippen LogP contribution is 2.24. The summed E-state index contributed by atoms with van der Waals surface area (Å²) < 4.78 is 0. The van der Waals surface area contributed by atoms with E-state index in [9.17, 15) is 9.59 Å². The maximum Gasteiger partial charge on any atom is 0.239 e. The van der Waals surface area contributed by atoms with Crippen molar-refractivity contribution in [1.82, 2.24) is 5.32 Å². The average molecular weight is 247 g/mol. The summed E-state index contributed by atoms with van der Waals surface area (Å²) in [5.41, 5.74) is 6.92. The van der Waals surface area contributed by atoms with Crippen LogP contribution >= 0.6 is 0 Å². The molecule has 0 spiro atoms. The van der Waals surface area contributed by atoms with Gasteiger partial charge in [0.2, 0.25) is 11.8 Å². The number of carbonyl (C=O) groups excluding carboxylic acids is 2. The van der Waals surface area contributed by atoms with Crippen molar-refractivity contribution in [3.63, 3.8) is 0 Å². The molecule has 1 atom stereocenters. The minimum atomic E-state index is -0.455.